The first-order chi connectivity index (χ1) is 11.2. The van der Waals surface area contributed by atoms with Gasteiger partial charge in [0, 0.05) is 64.8 Å². The second kappa shape index (κ2) is 9.92. The van der Waals surface area contributed by atoms with Crippen LogP contribution in [0.25, 0.3) is 0 Å². The Kier molecular flexibility index (Phi) is 8.23. The third kappa shape index (κ3) is 5.30. The molecule has 0 radical (unpaired) electrons. The molecule has 1 saturated carbocycles. The Labute approximate surface area is 152 Å². The van der Waals surface area contributed by atoms with Crippen molar-refractivity contribution in [3.05, 3.63) is 0 Å². The Hall–Kier alpha value is -0.400. The SMILES string of the molecule is CC(=O)N1CCN(CCNC2CCCC2C2COCCN2)CC1.Cl. The van der Waals surface area contributed by atoms with E-state index in [1.54, 1.807) is 6.92 Å². The second-order valence-electron chi connectivity index (χ2n) is 7.14. The molecule has 2 N–H and O–H groups in total. The van der Waals surface area contributed by atoms with Crippen LogP contribution in [0.15, 0.2) is 0 Å². The molecule has 0 bridgehead atoms. The van der Waals surface area contributed by atoms with Crippen LogP contribution in [0.2, 0.25) is 0 Å². The Morgan fingerprint density at radius 3 is 2.71 bits per heavy atom. The molecule has 140 valence electrons. The maximum atomic E-state index is 11.4. The second-order valence-corrected chi connectivity index (χ2v) is 7.14. The summed E-state index contributed by atoms with van der Waals surface area (Å²) in [5, 5.41) is 7.43. The van der Waals surface area contributed by atoms with Gasteiger partial charge in [-0.25, -0.2) is 0 Å². The minimum Gasteiger partial charge on any atom is -0.379 e. The first-order valence-electron chi connectivity index (χ1n) is 9.26. The zero-order chi connectivity index (χ0) is 16.1. The van der Waals surface area contributed by atoms with Crippen LogP contribution >= 0.6 is 12.4 Å². The van der Waals surface area contributed by atoms with Crippen LogP contribution in [0.5, 0.6) is 0 Å². The van der Waals surface area contributed by atoms with Crippen molar-refractivity contribution in [1.29, 1.82) is 0 Å². The average Bonchev–Trinajstić information content (AvgIpc) is 3.05. The van der Waals surface area contributed by atoms with E-state index in [1.807, 2.05) is 4.90 Å². The largest absolute Gasteiger partial charge is 0.379 e. The molecule has 3 rings (SSSR count). The Balaban J connectivity index is 0.00000208. The van der Waals surface area contributed by atoms with Gasteiger partial charge >= 0.3 is 0 Å². The third-order valence-electron chi connectivity index (χ3n) is 5.69. The van der Waals surface area contributed by atoms with Gasteiger partial charge in [-0.15, -0.1) is 12.4 Å². The number of nitrogens with zero attached hydrogens (tertiary/aromatic N) is 2. The molecule has 2 aliphatic heterocycles. The predicted molar refractivity (Wildman–Crippen MR) is 97.7 cm³/mol. The average molecular weight is 361 g/mol. The summed E-state index contributed by atoms with van der Waals surface area (Å²) in [5.41, 5.74) is 0. The molecule has 0 aromatic rings. The van der Waals surface area contributed by atoms with Gasteiger partial charge in [-0.3, -0.25) is 9.69 Å². The number of nitrogens with one attached hydrogen (secondary N) is 2. The van der Waals surface area contributed by atoms with E-state index in [4.69, 9.17) is 4.74 Å². The number of carbonyl (C=O) groups excluding carboxylic acids is 1. The maximum Gasteiger partial charge on any atom is 0.219 e. The van der Waals surface area contributed by atoms with Crippen molar-refractivity contribution >= 4 is 18.3 Å². The summed E-state index contributed by atoms with van der Waals surface area (Å²) in [6, 6.07) is 1.16. The number of hydrogen-bond acceptors (Lipinski definition) is 5. The number of rotatable bonds is 5. The lowest BCUT2D eigenvalue weighted by molar-refractivity contribution is -0.130. The number of amides is 1. The molecule has 0 aromatic carbocycles. The molecule has 0 aromatic heterocycles. The number of morpholine rings is 1. The molecule has 6 nitrogen and oxygen atoms in total. The number of halogens is 1. The van der Waals surface area contributed by atoms with Gasteiger partial charge < -0.3 is 20.3 Å². The van der Waals surface area contributed by atoms with Crippen molar-refractivity contribution < 1.29 is 9.53 Å². The number of carbonyl (C=O) groups is 1. The first-order valence-corrected chi connectivity index (χ1v) is 9.26. The van der Waals surface area contributed by atoms with Crippen molar-refractivity contribution in [3.63, 3.8) is 0 Å². The van der Waals surface area contributed by atoms with Crippen molar-refractivity contribution in [2.24, 2.45) is 5.92 Å². The number of ether oxygens (including phenoxy) is 1. The zero-order valence-electron chi connectivity index (χ0n) is 14.8. The van der Waals surface area contributed by atoms with Crippen LogP contribution < -0.4 is 10.6 Å². The predicted octanol–water partition coefficient (Wildman–Crippen LogP) is 0.319. The van der Waals surface area contributed by atoms with Gasteiger partial charge in [-0.1, -0.05) is 6.42 Å². The molecule has 3 fully saturated rings. The number of piperazine rings is 1. The maximum absolute atomic E-state index is 11.4. The van der Waals surface area contributed by atoms with E-state index in [2.05, 4.69) is 15.5 Å². The van der Waals surface area contributed by atoms with Crippen LogP contribution in [0, 0.1) is 5.92 Å². The van der Waals surface area contributed by atoms with E-state index in [0.717, 1.165) is 59.0 Å². The molecule has 1 amide bonds. The summed E-state index contributed by atoms with van der Waals surface area (Å²) in [7, 11) is 0. The van der Waals surface area contributed by atoms with Gasteiger partial charge in [0.25, 0.3) is 0 Å². The highest BCUT2D eigenvalue weighted by Gasteiger charge is 2.34. The lowest BCUT2D eigenvalue weighted by Gasteiger charge is -2.35. The first kappa shape index (κ1) is 19.9. The minimum atomic E-state index is 0. The fourth-order valence-electron chi connectivity index (χ4n) is 4.28. The molecule has 24 heavy (non-hydrogen) atoms. The van der Waals surface area contributed by atoms with E-state index in [0.29, 0.717) is 18.0 Å². The van der Waals surface area contributed by atoms with Crippen LogP contribution in [0.4, 0.5) is 0 Å². The molecule has 1 aliphatic carbocycles. The van der Waals surface area contributed by atoms with Crippen LogP contribution in [-0.4, -0.2) is 86.8 Å². The summed E-state index contributed by atoms with van der Waals surface area (Å²) < 4.78 is 5.64. The smallest absolute Gasteiger partial charge is 0.219 e. The standard InChI is InChI=1S/C17H32N4O2.ClH/c1-14(22)21-10-8-20(9-11-21)7-5-18-16-4-2-3-15(16)17-13-23-12-6-19-17;/h15-19H,2-13H2,1H3;1H. The highest BCUT2D eigenvalue weighted by atomic mass is 35.5. The van der Waals surface area contributed by atoms with Crippen molar-refractivity contribution in [2.75, 3.05) is 59.0 Å². The van der Waals surface area contributed by atoms with E-state index in [1.165, 1.54) is 19.3 Å². The Morgan fingerprint density at radius 2 is 2.04 bits per heavy atom. The van der Waals surface area contributed by atoms with Crippen LogP contribution in [-0.2, 0) is 9.53 Å². The zero-order valence-corrected chi connectivity index (χ0v) is 15.7. The summed E-state index contributed by atoms with van der Waals surface area (Å²) in [4.78, 5) is 15.8. The molecule has 2 heterocycles. The van der Waals surface area contributed by atoms with Crippen molar-refractivity contribution in [3.8, 4) is 0 Å². The van der Waals surface area contributed by atoms with E-state index in [9.17, 15) is 4.79 Å². The van der Waals surface area contributed by atoms with E-state index < -0.39 is 0 Å². The van der Waals surface area contributed by atoms with Gasteiger partial charge in [0.05, 0.1) is 13.2 Å². The fraction of sp³-hybridized carbons (Fsp3) is 0.941. The minimum absolute atomic E-state index is 0. The summed E-state index contributed by atoms with van der Waals surface area (Å²) in [6.45, 7) is 10.3. The Bertz CT molecular complexity index is 385. The van der Waals surface area contributed by atoms with E-state index >= 15 is 0 Å². The van der Waals surface area contributed by atoms with Crippen molar-refractivity contribution in [2.45, 2.75) is 38.3 Å². The van der Waals surface area contributed by atoms with Gasteiger partial charge in [0.1, 0.15) is 0 Å². The molecular formula is C17H33ClN4O2. The van der Waals surface area contributed by atoms with Crippen molar-refractivity contribution in [1.82, 2.24) is 20.4 Å². The molecular weight excluding hydrogens is 328 g/mol. The quantitative estimate of drug-likeness (QED) is 0.739. The molecule has 2 saturated heterocycles. The lowest BCUT2D eigenvalue weighted by atomic mass is 9.94. The molecule has 3 unspecified atom stereocenters. The molecule has 3 atom stereocenters. The van der Waals surface area contributed by atoms with Gasteiger partial charge in [-0.2, -0.15) is 0 Å². The lowest BCUT2D eigenvalue weighted by Crippen LogP contribution is -2.52. The van der Waals surface area contributed by atoms with Crippen LogP contribution in [0.1, 0.15) is 26.2 Å². The normalized spacial score (nSPS) is 31.7. The summed E-state index contributed by atoms with van der Waals surface area (Å²) in [6.07, 6.45) is 3.94. The third-order valence-corrected chi connectivity index (χ3v) is 5.69. The summed E-state index contributed by atoms with van der Waals surface area (Å²) >= 11 is 0. The van der Waals surface area contributed by atoms with E-state index in [-0.39, 0.29) is 18.3 Å². The fourth-order valence-corrected chi connectivity index (χ4v) is 4.28. The Morgan fingerprint density at radius 1 is 1.25 bits per heavy atom. The molecule has 7 heteroatoms. The van der Waals surface area contributed by atoms with Gasteiger partial charge in [0.15, 0.2) is 0 Å². The highest BCUT2D eigenvalue weighted by Crippen LogP contribution is 2.29. The number of hydrogen-bond donors (Lipinski definition) is 2. The molecule has 3 aliphatic rings. The van der Waals surface area contributed by atoms with Crippen LogP contribution in [0.3, 0.4) is 0 Å². The summed E-state index contributed by atoms with van der Waals surface area (Å²) in [5.74, 6) is 0.920. The van der Waals surface area contributed by atoms with Gasteiger partial charge in [0.2, 0.25) is 5.91 Å². The topological polar surface area (TPSA) is 56.8 Å². The highest BCUT2D eigenvalue weighted by molar-refractivity contribution is 5.85. The van der Waals surface area contributed by atoms with Gasteiger partial charge in [-0.05, 0) is 18.8 Å². The monoisotopic (exact) mass is 360 g/mol. The molecule has 0 spiro atoms.